The lowest BCUT2D eigenvalue weighted by molar-refractivity contribution is -0.128. The summed E-state index contributed by atoms with van der Waals surface area (Å²) < 4.78 is 0. The first-order valence-electron chi connectivity index (χ1n) is 7.39. The molecule has 1 atom stereocenters. The van der Waals surface area contributed by atoms with E-state index in [0.29, 0.717) is 0 Å². The number of nitrogens with zero attached hydrogens (tertiary/aromatic N) is 1. The Morgan fingerprint density at radius 2 is 2.14 bits per heavy atom. The van der Waals surface area contributed by atoms with Crippen LogP contribution in [0.1, 0.15) is 35.4 Å². The van der Waals surface area contributed by atoms with Crippen molar-refractivity contribution in [2.24, 2.45) is 0 Å². The number of amides is 1. The van der Waals surface area contributed by atoms with E-state index in [1.54, 1.807) is 6.08 Å². The van der Waals surface area contributed by atoms with Crippen LogP contribution in [0.15, 0.2) is 47.9 Å². The van der Waals surface area contributed by atoms with Gasteiger partial charge < -0.3 is 4.90 Å². The van der Waals surface area contributed by atoms with Crippen LogP contribution in [0.2, 0.25) is 0 Å². The molecule has 0 bridgehead atoms. The van der Waals surface area contributed by atoms with Crippen LogP contribution in [-0.4, -0.2) is 17.4 Å². The van der Waals surface area contributed by atoms with Gasteiger partial charge in [0.15, 0.2) is 0 Å². The van der Waals surface area contributed by atoms with E-state index in [4.69, 9.17) is 0 Å². The van der Waals surface area contributed by atoms with Crippen molar-refractivity contribution < 1.29 is 4.79 Å². The smallest absolute Gasteiger partial charge is 0.247 e. The molecule has 0 N–H and O–H groups in total. The molecule has 0 saturated carbocycles. The summed E-state index contributed by atoms with van der Waals surface area (Å²) in [5, 5.41) is 2.14. The first-order chi connectivity index (χ1) is 10.3. The van der Waals surface area contributed by atoms with E-state index >= 15 is 0 Å². The van der Waals surface area contributed by atoms with Gasteiger partial charge in [-0.3, -0.25) is 4.79 Å². The number of hydrogen-bond acceptors (Lipinski definition) is 2. The maximum Gasteiger partial charge on any atom is 0.247 e. The predicted octanol–water partition coefficient (Wildman–Crippen LogP) is 4.30. The summed E-state index contributed by atoms with van der Waals surface area (Å²) >= 11 is 1.81. The minimum Gasteiger partial charge on any atom is -0.332 e. The molecule has 1 aliphatic rings. The van der Waals surface area contributed by atoms with Gasteiger partial charge in [0.25, 0.3) is 0 Å². The van der Waals surface area contributed by atoms with Crippen molar-refractivity contribution in [2.75, 3.05) is 6.54 Å². The van der Waals surface area contributed by atoms with E-state index in [1.165, 1.54) is 10.4 Å². The Morgan fingerprint density at radius 1 is 1.33 bits per heavy atom. The van der Waals surface area contributed by atoms with Crippen LogP contribution in [0.25, 0.3) is 6.08 Å². The molecule has 2 aromatic rings. The summed E-state index contributed by atoms with van der Waals surface area (Å²) in [5.74, 6) is 0.113. The maximum absolute atomic E-state index is 12.5. The van der Waals surface area contributed by atoms with E-state index < -0.39 is 0 Å². The van der Waals surface area contributed by atoms with Crippen LogP contribution in [0.3, 0.4) is 0 Å². The molecule has 21 heavy (non-hydrogen) atoms. The normalized spacial score (nSPS) is 18.0. The zero-order valence-corrected chi connectivity index (χ0v) is 13.0. The highest BCUT2D eigenvalue weighted by atomic mass is 32.1. The first kappa shape index (κ1) is 14.1. The highest BCUT2D eigenvalue weighted by Gasteiger charge is 2.29. The lowest BCUT2D eigenvalue weighted by Gasteiger charge is -2.34. The Labute approximate surface area is 129 Å². The van der Waals surface area contributed by atoms with E-state index in [0.717, 1.165) is 24.9 Å². The second-order valence-electron chi connectivity index (χ2n) is 5.25. The van der Waals surface area contributed by atoms with Crippen LogP contribution < -0.4 is 0 Å². The fraction of sp³-hybridized carbons (Fsp3) is 0.278. The molecule has 0 spiro atoms. The van der Waals surface area contributed by atoms with Crippen LogP contribution in [-0.2, 0) is 11.2 Å². The van der Waals surface area contributed by atoms with Gasteiger partial charge in [-0.05, 0) is 41.5 Å². The molecule has 1 unspecified atom stereocenters. The van der Waals surface area contributed by atoms with Gasteiger partial charge in [-0.1, -0.05) is 37.3 Å². The maximum atomic E-state index is 12.5. The molecule has 2 nitrogen and oxygen atoms in total. The van der Waals surface area contributed by atoms with Crippen molar-refractivity contribution in [3.05, 3.63) is 63.9 Å². The summed E-state index contributed by atoms with van der Waals surface area (Å²) in [5.41, 5.74) is 2.40. The van der Waals surface area contributed by atoms with Crippen LogP contribution in [0.4, 0.5) is 0 Å². The second-order valence-corrected chi connectivity index (χ2v) is 6.25. The van der Waals surface area contributed by atoms with Gasteiger partial charge in [0, 0.05) is 17.5 Å². The fourth-order valence-electron chi connectivity index (χ4n) is 2.93. The topological polar surface area (TPSA) is 20.3 Å². The van der Waals surface area contributed by atoms with Crippen molar-refractivity contribution in [1.29, 1.82) is 0 Å². The zero-order valence-electron chi connectivity index (χ0n) is 12.2. The lowest BCUT2D eigenvalue weighted by atomic mass is 9.97. The minimum atomic E-state index is 0.113. The molecule has 1 aliphatic heterocycles. The van der Waals surface area contributed by atoms with Crippen molar-refractivity contribution >= 4 is 23.3 Å². The molecule has 108 valence electrons. The fourth-order valence-corrected chi connectivity index (χ4v) is 3.86. The molecule has 3 rings (SSSR count). The third kappa shape index (κ3) is 2.93. The SMILES string of the molecule is CCC1c2ccsc2CCN1C(=O)/C=C/c1ccccc1. The lowest BCUT2D eigenvalue weighted by Crippen LogP contribution is -2.38. The predicted molar refractivity (Wildman–Crippen MR) is 88.2 cm³/mol. The Balaban J connectivity index is 1.77. The molecule has 1 amide bonds. The second kappa shape index (κ2) is 6.27. The van der Waals surface area contributed by atoms with E-state index in [9.17, 15) is 4.79 Å². The van der Waals surface area contributed by atoms with Crippen molar-refractivity contribution in [3.8, 4) is 0 Å². The van der Waals surface area contributed by atoms with Crippen LogP contribution >= 0.6 is 11.3 Å². The number of fused-ring (bicyclic) bond motifs is 1. The standard InChI is InChI=1S/C18H19NOS/c1-2-16-15-11-13-21-17(15)10-12-19(16)18(20)9-8-14-6-4-3-5-7-14/h3-9,11,13,16H,2,10,12H2,1H3/b9-8+. The van der Waals surface area contributed by atoms with E-state index in [2.05, 4.69) is 18.4 Å². The van der Waals surface area contributed by atoms with Gasteiger partial charge in [-0.15, -0.1) is 11.3 Å². The molecule has 3 heteroatoms. The molecule has 1 aromatic carbocycles. The number of hydrogen-bond donors (Lipinski definition) is 0. The number of thiophene rings is 1. The Bertz CT molecular complexity index is 644. The molecular formula is C18H19NOS. The molecule has 0 saturated heterocycles. The molecule has 1 aromatic heterocycles. The number of benzene rings is 1. The highest BCUT2D eigenvalue weighted by Crippen LogP contribution is 2.35. The summed E-state index contributed by atoms with van der Waals surface area (Å²) in [6.07, 6.45) is 5.55. The summed E-state index contributed by atoms with van der Waals surface area (Å²) in [7, 11) is 0. The van der Waals surface area contributed by atoms with Gasteiger partial charge in [0.05, 0.1) is 6.04 Å². The minimum absolute atomic E-state index is 0.113. The Hall–Kier alpha value is -1.87. The molecule has 0 fully saturated rings. The van der Waals surface area contributed by atoms with Crippen molar-refractivity contribution in [2.45, 2.75) is 25.8 Å². The third-order valence-corrected chi connectivity index (χ3v) is 4.98. The molecule has 2 heterocycles. The van der Waals surface area contributed by atoms with Crippen LogP contribution in [0.5, 0.6) is 0 Å². The van der Waals surface area contributed by atoms with Crippen molar-refractivity contribution in [3.63, 3.8) is 0 Å². The highest BCUT2D eigenvalue weighted by molar-refractivity contribution is 7.10. The number of rotatable bonds is 3. The molecule has 0 aliphatic carbocycles. The third-order valence-electron chi connectivity index (χ3n) is 3.98. The van der Waals surface area contributed by atoms with Crippen LogP contribution in [0, 0.1) is 0 Å². The van der Waals surface area contributed by atoms with Gasteiger partial charge in [-0.25, -0.2) is 0 Å². The van der Waals surface area contributed by atoms with Gasteiger partial charge in [0.1, 0.15) is 0 Å². The summed E-state index contributed by atoms with van der Waals surface area (Å²) in [4.78, 5) is 16.0. The first-order valence-corrected chi connectivity index (χ1v) is 8.27. The van der Waals surface area contributed by atoms with Crippen molar-refractivity contribution in [1.82, 2.24) is 4.90 Å². The average Bonchev–Trinajstić information content (AvgIpc) is 3.01. The quantitative estimate of drug-likeness (QED) is 0.774. The summed E-state index contributed by atoms with van der Waals surface area (Å²) in [6, 6.07) is 12.4. The zero-order chi connectivity index (χ0) is 14.7. The Morgan fingerprint density at radius 3 is 2.90 bits per heavy atom. The van der Waals surface area contributed by atoms with Gasteiger partial charge in [-0.2, -0.15) is 0 Å². The number of carbonyl (C=O) groups is 1. The largest absolute Gasteiger partial charge is 0.332 e. The average molecular weight is 297 g/mol. The molecule has 0 radical (unpaired) electrons. The van der Waals surface area contributed by atoms with Gasteiger partial charge in [0.2, 0.25) is 5.91 Å². The van der Waals surface area contributed by atoms with E-state index in [-0.39, 0.29) is 11.9 Å². The summed E-state index contributed by atoms with van der Waals surface area (Å²) in [6.45, 7) is 2.97. The monoisotopic (exact) mass is 297 g/mol. The van der Waals surface area contributed by atoms with Gasteiger partial charge >= 0.3 is 0 Å². The molecular weight excluding hydrogens is 278 g/mol. The van der Waals surface area contributed by atoms with E-state index in [1.807, 2.05) is 52.6 Å². The number of carbonyl (C=O) groups excluding carboxylic acids is 1. The Kier molecular flexibility index (Phi) is 4.20.